The summed E-state index contributed by atoms with van der Waals surface area (Å²) in [4.78, 5) is 14.7. The Bertz CT molecular complexity index is 943. The molecule has 4 rings (SSSR count). The summed E-state index contributed by atoms with van der Waals surface area (Å²) in [6, 6.07) is 28.9. The van der Waals surface area contributed by atoms with Crippen molar-refractivity contribution in [3.8, 4) is 11.8 Å². The third kappa shape index (κ3) is 3.23. The van der Waals surface area contributed by atoms with Crippen molar-refractivity contribution >= 4 is 11.6 Å². The van der Waals surface area contributed by atoms with Crippen molar-refractivity contribution in [2.45, 2.75) is 12.3 Å². The zero-order valence-corrected chi connectivity index (χ0v) is 14.1. The average molecular weight is 339 g/mol. The number of hydrogen-bond donors (Lipinski definition) is 0. The van der Waals surface area contributed by atoms with Crippen LogP contribution in [0.2, 0.25) is 0 Å². The second-order valence-electron chi connectivity index (χ2n) is 5.96. The number of para-hydroxylation sites is 1. The van der Waals surface area contributed by atoms with Gasteiger partial charge in [0.05, 0.1) is 0 Å². The smallest absolute Gasteiger partial charge is 0.271 e. The van der Waals surface area contributed by atoms with E-state index in [0.717, 1.165) is 16.8 Å². The molecule has 2 atom stereocenters. The second kappa shape index (κ2) is 7.26. The van der Waals surface area contributed by atoms with E-state index in [9.17, 15) is 4.79 Å². The van der Waals surface area contributed by atoms with E-state index in [0.29, 0.717) is 0 Å². The van der Waals surface area contributed by atoms with Crippen molar-refractivity contribution in [2.24, 2.45) is 0 Å². The highest BCUT2D eigenvalue weighted by atomic mass is 16.5. The highest BCUT2D eigenvalue weighted by molar-refractivity contribution is 6.00. The first-order chi connectivity index (χ1) is 12.8. The number of anilines is 1. The van der Waals surface area contributed by atoms with Crippen LogP contribution in [0.4, 0.5) is 5.69 Å². The van der Waals surface area contributed by atoms with Crippen molar-refractivity contribution in [3.63, 3.8) is 0 Å². The molecule has 0 unspecified atom stereocenters. The lowest BCUT2D eigenvalue weighted by Gasteiger charge is -2.23. The molecule has 0 aromatic heterocycles. The Morgan fingerprint density at radius 3 is 2.00 bits per heavy atom. The van der Waals surface area contributed by atoms with Gasteiger partial charge in [-0.15, -0.1) is 0 Å². The molecule has 1 saturated heterocycles. The maximum atomic E-state index is 13.0. The molecule has 0 bridgehead atoms. The topological polar surface area (TPSA) is 29.5 Å². The van der Waals surface area contributed by atoms with Crippen molar-refractivity contribution in [1.82, 2.24) is 0 Å². The van der Waals surface area contributed by atoms with Crippen molar-refractivity contribution in [2.75, 3.05) is 4.90 Å². The molecule has 3 aromatic rings. The largest absolute Gasteiger partial charge is 0.328 e. The Kier molecular flexibility index (Phi) is 4.51. The maximum absolute atomic E-state index is 13.0. The summed E-state index contributed by atoms with van der Waals surface area (Å²) in [6.45, 7) is 0. The van der Waals surface area contributed by atoms with Crippen molar-refractivity contribution in [3.05, 3.63) is 102 Å². The lowest BCUT2D eigenvalue weighted by atomic mass is 10.1. The molecule has 126 valence electrons. The maximum Gasteiger partial charge on any atom is 0.271 e. The molecule has 1 aliphatic heterocycles. The summed E-state index contributed by atoms with van der Waals surface area (Å²) in [7, 11) is 0. The fraction of sp³-hybridized carbons (Fsp3) is 0.0870. The van der Waals surface area contributed by atoms with E-state index in [2.05, 4.69) is 11.8 Å². The Morgan fingerprint density at radius 2 is 1.35 bits per heavy atom. The summed E-state index contributed by atoms with van der Waals surface area (Å²) >= 11 is 0. The first kappa shape index (κ1) is 16.1. The Hall–Kier alpha value is -3.35. The number of ether oxygens (including phenoxy) is 1. The van der Waals surface area contributed by atoms with Crippen LogP contribution in [0.1, 0.15) is 17.4 Å². The molecule has 26 heavy (non-hydrogen) atoms. The minimum absolute atomic E-state index is 0.145. The molecule has 1 aliphatic rings. The van der Waals surface area contributed by atoms with Crippen LogP contribution in [0.3, 0.4) is 0 Å². The fourth-order valence-corrected chi connectivity index (χ4v) is 2.95. The van der Waals surface area contributed by atoms with Crippen LogP contribution in [0.25, 0.3) is 0 Å². The second-order valence-corrected chi connectivity index (χ2v) is 5.96. The van der Waals surface area contributed by atoms with E-state index >= 15 is 0 Å². The van der Waals surface area contributed by atoms with Gasteiger partial charge < -0.3 is 4.74 Å². The van der Waals surface area contributed by atoms with Crippen LogP contribution in [0, 0.1) is 11.8 Å². The van der Waals surface area contributed by atoms with Gasteiger partial charge in [0.1, 0.15) is 0 Å². The highest BCUT2D eigenvalue weighted by Gasteiger charge is 2.41. The minimum atomic E-state index is -0.791. The third-order valence-corrected chi connectivity index (χ3v) is 4.20. The van der Waals surface area contributed by atoms with Gasteiger partial charge in [-0.3, -0.25) is 9.69 Å². The molecule has 0 N–H and O–H groups in total. The highest BCUT2D eigenvalue weighted by Crippen LogP contribution is 2.35. The van der Waals surface area contributed by atoms with Gasteiger partial charge in [-0.25, -0.2) is 0 Å². The summed E-state index contributed by atoms with van der Waals surface area (Å²) in [5.74, 6) is 5.88. The first-order valence-corrected chi connectivity index (χ1v) is 8.48. The molecule has 3 heteroatoms. The summed E-state index contributed by atoms with van der Waals surface area (Å²) in [5, 5.41) is 0. The van der Waals surface area contributed by atoms with Gasteiger partial charge in [0.25, 0.3) is 5.91 Å². The minimum Gasteiger partial charge on any atom is -0.328 e. The molecular formula is C23H17NO2. The number of hydrogen-bond acceptors (Lipinski definition) is 2. The third-order valence-electron chi connectivity index (χ3n) is 4.20. The lowest BCUT2D eigenvalue weighted by molar-refractivity contribution is -0.120. The van der Waals surface area contributed by atoms with Crippen molar-refractivity contribution < 1.29 is 9.53 Å². The number of carbonyl (C=O) groups is 1. The zero-order chi connectivity index (χ0) is 17.8. The monoisotopic (exact) mass is 339 g/mol. The van der Waals surface area contributed by atoms with E-state index < -0.39 is 12.3 Å². The average Bonchev–Trinajstić information content (AvgIpc) is 3.05. The van der Waals surface area contributed by atoms with E-state index in [1.54, 1.807) is 4.90 Å². The van der Waals surface area contributed by atoms with E-state index in [1.807, 2.05) is 91.0 Å². The first-order valence-electron chi connectivity index (χ1n) is 8.48. The van der Waals surface area contributed by atoms with Crippen LogP contribution < -0.4 is 4.90 Å². The quantitative estimate of drug-likeness (QED) is 0.656. The van der Waals surface area contributed by atoms with E-state index in [4.69, 9.17) is 4.74 Å². The molecule has 1 heterocycles. The van der Waals surface area contributed by atoms with E-state index in [1.165, 1.54) is 0 Å². The summed E-state index contributed by atoms with van der Waals surface area (Å²) < 4.78 is 6.05. The molecule has 3 aromatic carbocycles. The number of carbonyl (C=O) groups excluding carboxylic acids is 1. The van der Waals surface area contributed by atoms with Crippen LogP contribution in [0.15, 0.2) is 91.0 Å². The van der Waals surface area contributed by atoms with E-state index in [-0.39, 0.29) is 5.91 Å². The van der Waals surface area contributed by atoms with Crippen LogP contribution in [0.5, 0.6) is 0 Å². The zero-order valence-electron chi connectivity index (χ0n) is 14.1. The van der Waals surface area contributed by atoms with Crippen LogP contribution >= 0.6 is 0 Å². The van der Waals surface area contributed by atoms with Crippen LogP contribution in [-0.2, 0) is 9.53 Å². The predicted molar refractivity (Wildman–Crippen MR) is 101 cm³/mol. The number of rotatable bonds is 2. The Morgan fingerprint density at radius 1 is 0.769 bits per heavy atom. The molecule has 0 aliphatic carbocycles. The predicted octanol–water partition coefficient (Wildman–Crippen LogP) is 4.17. The molecule has 0 saturated carbocycles. The van der Waals surface area contributed by atoms with Crippen LogP contribution in [-0.4, -0.2) is 12.0 Å². The van der Waals surface area contributed by atoms with Gasteiger partial charge in [0.2, 0.25) is 0 Å². The Balaban J connectivity index is 1.69. The Labute approximate surface area is 152 Å². The molecule has 0 spiro atoms. The normalized spacial score (nSPS) is 19.1. The van der Waals surface area contributed by atoms with Gasteiger partial charge in [-0.1, -0.05) is 78.6 Å². The molecule has 1 fully saturated rings. The van der Waals surface area contributed by atoms with Gasteiger partial charge >= 0.3 is 0 Å². The number of benzene rings is 3. The fourth-order valence-electron chi connectivity index (χ4n) is 2.95. The van der Waals surface area contributed by atoms with Gasteiger partial charge in [-0.2, -0.15) is 0 Å². The SMILES string of the molecule is O=C1[C@H](C#Cc2ccccc2)O[C@@H](c2ccccc2)N1c1ccccc1. The van der Waals surface area contributed by atoms with Gasteiger partial charge in [0.15, 0.2) is 12.3 Å². The number of nitrogens with zero attached hydrogens (tertiary/aromatic N) is 1. The van der Waals surface area contributed by atoms with Gasteiger partial charge in [0, 0.05) is 16.8 Å². The summed E-state index contributed by atoms with van der Waals surface area (Å²) in [5.41, 5.74) is 2.59. The van der Waals surface area contributed by atoms with Gasteiger partial charge in [-0.05, 0) is 24.3 Å². The lowest BCUT2D eigenvalue weighted by Crippen LogP contribution is -2.30. The number of amides is 1. The summed E-state index contributed by atoms with van der Waals surface area (Å²) in [6.07, 6.45) is -1.28. The standard InChI is InChI=1S/C23H17NO2/c25-22-21(17-16-18-10-4-1-5-11-18)26-23(19-12-6-2-7-13-19)24(22)20-14-8-3-9-15-20/h1-15,21,23H/t21-,23-/m0/s1. The molecule has 0 radical (unpaired) electrons. The molecule has 3 nitrogen and oxygen atoms in total. The molecule has 1 amide bonds. The van der Waals surface area contributed by atoms with Crippen molar-refractivity contribution in [1.29, 1.82) is 0 Å². The molecular weight excluding hydrogens is 322 g/mol.